The number of benzene rings is 3. The fraction of sp³-hybridized carbons (Fsp3) is 0.222. The zero-order chi connectivity index (χ0) is 28.7. The maximum atomic E-state index is 12.8. The molecule has 0 bridgehead atoms. The van der Waals surface area contributed by atoms with Crippen LogP contribution in [0, 0.1) is 0 Å². The molecule has 1 heterocycles. The van der Waals surface area contributed by atoms with Crippen LogP contribution in [0.5, 0.6) is 5.75 Å². The highest BCUT2D eigenvalue weighted by Gasteiger charge is 2.30. The van der Waals surface area contributed by atoms with E-state index in [1.54, 1.807) is 24.3 Å². The van der Waals surface area contributed by atoms with Crippen LogP contribution in [0.1, 0.15) is 27.0 Å². The second-order valence-electron chi connectivity index (χ2n) is 8.72. The molecule has 0 atom stereocenters. The number of carbonyl (C=O) groups excluding carboxylic acids is 1. The van der Waals surface area contributed by atoms with Crippen molar-refractivity contribution in [2.24, 2.45) is 0 Å². The van der Waals surface area contributed by atoms with Crippen LogP contribution in [-0.2, 0) is 18.6 Å². The van der Waals surface area contributed by atoms with Crippen LogP contribution in [0.2, 0.25) is 5.02 Å². The summed E-state index contributed by atoms with van der Waals surface area (Å²) < 4.78 is 50.0. The number of ether oxygens (including phenoxy) is 1. The first-order valence-corrected chi connectivity index (χ1v) is 12.3. The van der Waals surface area contributed by atoms with E-state index in [4.69, 9.17) is 32.4 Å². The quantitative estimate of drug-likeness (QED) is 0.150. The Labute approximate surface area is 232 Å². The number of aromatic nitrogens is 2. The highest BCUT2D eigenvalue weighted by atomic mass is 35.5. The average Bonchev–Trinajstić information content (AvgIpc) is 3.24. The number of alkyl halides is 4. The molecular weight excluding hydrogens is 558 g/mol. The van der Waals surface area contributed by atoms with Gasteiger partial charge in [-0.1, -0.05) is 23.7 Å². The van der Waals surface area contributed by atoms with Gasteiger partial charge in [-0.15, -0.1) is 16.7 Å². The molecule has 206 valence electrons. The fourth-order valence-corrected chi connectivity index (χ4v) is 3.56. The zero-order valence-corrected chi connectivity index (χ0v) is 22.6. The monoisotopic (exact) mass is 581 g/mol. The van der Waals surface area contributed by atoms with Crippen molar-refractivity contribution < 1.29 is 27.1 Å². The molecule has 0 unspecified atom stereocenters. The summed E-state index contributed by atoms with van der Waals surface area (Å²) in [4.78, 5) is 27.0. The summed E-state index contributed by atoms with van der Waals surface area (Å²) in [5.74, 6) is -1.29. The maximum Gasteiger partial charge on any atom is 0.437 e. The fourth-order valence-electron chi connectivity index (χ4n) is 3.20. The van der Waals surface area contributed by atoms with E-state index in [1.165, 1.54) is 18.2 Å². The Hall–Kier alpha value is -3.60. The molecule has 7 nitrogen and oxygen atoms in total. The third-order valence-corrected chi connectivity index (χ3v) is 5.47. The van der Waals surface area contributed by atoms with Crippen molar-refractivity contribution in [3.63, 3.8) is 0 Å². The Kier molecular flexibility index (Phi) is 9.96. The van der Waals surface area contributed by atoms with Gasteiger partial charge < -0.3 is 14.1 Å². The van der Waals surface area contributed by atoms with Crippen molar-refractivity contribution in [3.8, 4) is 17.2 Å². The van der Waals surface area contributed by atoms with Crippen LogP contribution < -0.4 is 10.5 Å². The molecule has 4 aromatic rings. The Balaban J connectivity index is 0.000000983. The minimum Gasteiger partial charge on any atom is -0.423 e. The standard InChI is InChI=1S/C24H15Cl2F3N2O4.C3H9N/c25-12-14-2-1-3-16(10-14)22(32)34-20-9-8-19(26)11-17(20)13-31-23(33)35-21(30-31)15-4-6-18(7-5-15)24(27,28)29;1-4(2)3/h1-11H,12-13H2;1-3H3. The van der Waals surface area contributed by atoms with Gasteiger partial charge in [0.15, 0.2) is 0 Å². The molecule has 1 aromatic heterocycles. The predicted octanol–water partition coefficient (Wildman–Crippen LogP) is 6.36. The summed E-state index contributed by atoms with van der Waals surface area (Å²) in [5, 5.41) is 4.38. The first-order chi connectivity index (χ1) is 18.4. The number of hydrogen-bond acceptors (Lipinski definition) is 6. The molecule has 0 spiro atoms. The molecule has 0 aliphatic carbocycles. The number of esters is 1. The second kappa shape index (κ2) is 13.0. The molecule has 0 aliphatic heterocycles. The van der Waals surface area contributed by atoms with Crippen LogP contribution >= 0.6 is 23.2 Å². The molecular formula is C27H24Cl2F3N3O4. The van der Waals surface area contributed by atoms with Crippen LogP contribution in [0.4, 0.5) is 13.2 Å². The van der Waals surface area contributed by atoms with Crippen molar-refractivity contribution in [1.29, 1.82) is 0 Å². The third-order valence-electron chi connectivity index (χ3n) is 4.93. The van der Waals surface area contributed by atoms with Crippen LogP contribution in [-0.4, -0.2) is 41.8 Å². The topological polar surface area (TPSA) is 77.6 Å². The molecule has 0 amide bonds. The third kappa shape index (κ3) is 8.44. The number of rotatable bonds is 6. The van der Waals surface area contributed by atoms with Crippen molar-refractivity contribution in [3.05, 3.63) is 105 Å². The lowest BCUT2D eigenvalue weighted by Crippen LogP contribution is -2.18. The summed E-state index contributed by atoms with van der Waals surface area (Å²) in [7, 11) is 6.00. The summed E-state index contributed by atoms with van der Waals surface area (Å²) >= 11 is 11.9. The second-order valence-corrected chi connectivity index (χ2v) is 9.43. The van der Waals surface area contributed by atoms with Gasteiger partial charge >= 0.3 is 17.9 Å². The molecule has 4 rings (SSSR count). The van der Waals surface area contributed by atoms with Crippen molar-refractivity contribution in [2.45, 2.75) is 18.6 Å². The minimum atomic E-state index is -4.50. The Morgan fingerprint density at radius 2 is 1.72 bits per heavy atom. The Bertz CT molecular complexity index is 1480. The van der Waals surface area contributed by atoms with Gasteiger partial charge in [-0.2, -0.15) is 17.9 Å². The number of hydrogen-bond donors (Lipinski definition) is 0. The lowest BCUT2D eigenvalue weighted by Gasteiger charge is -2.11. The molecule has 0 saturated heterocycles. The van der Waals surface area contributed by atoms with E-state index in [9.17, 15) is 22.8 Å². The highest BCUT2D eigenvalue weighted by Crippen LogP contribution is 2.30. The van der Waals surface area contributed by atoms with E-state index < -0.39 is 23.5 Å². The summed E-state index contributed by atoms with van der Waals surface area (Å²) in [5.41, 5.74) is 0.721. The lowest BCUT2D eigenvalue weighted by atomic mass is 10.1. The first-order valence-electron chi connectivity index (χ1n) is 11.4. The normalized spacial score (nSPS) is 11.2. The van der Waals surface area contributed by atoms with Gasteiger partial charge in [0, 0.05) is 22.0 Å². The van der Waals surface area contributed by atoms with Crippen molar-refractivity contribution in [1.82, 2.24) is 14.7 Å². The Morgan fingerprint density at radius 1 is 1.05 bits per heavy atom. The summed E-state index contributed by atoms with van der Waals surface area (Å²) in [6.07, 6.45) is -4.50. The number of carbonyl (C=O) groups is 1. The van der Waals surface area contributed by atoms with E-state index in [2.05, 4.69) is 5.10 Å². The van der Waals surface area contributed by atoms with Crippen molar-refractivity contribution in [2.75, 3.05) is 21.1 Å². The van der Waals surface area contributed by atoms with Gasteiger partial charge in [0.1, 0.15) is 5.75 Å². The number of nitrogens with zero attached hydrogens (tertiary/aromatic N) is 3. The molecule has 12 heteroatoms. The SMILES string of the molecule is CN(C)C.O=C(Oc1ccc(Cl)cc1Cn1nc(-c2ccc(C(F)(F)F)cc2)oc1=O)c1cccc(CCl)c1. The molecule has 0 fully saturated rings. The zero-order valence-electron chi connectivity index (χ0n) is 21.1. The van der Waals surface area contributed by atoms with Gasteiger partial charge in [0.2, 0.25) is 5.89 Å². The smallest absolute Gasteiger partial charge is 0.423 e. The van der Waals surface area contributed by atoms with E-state index >= 15 is 0 Å². The molecule has 0 N–H and O–H groups in total. The molecule has 3 aromatic carbocycles. The van der Waals surface area contributed by atoms with Gasteiger partial charge in [-0.25, -0.2) is 9.59 Å². The molecule has 0 radical (unpaired) electrons. The molecule has 0 aliphatic rings. The predicted molar refractivity (Wildman–Crippen MR) is 142 cm³/mol. The van der Waals surface area contributed by atoms with E-state index in [-0.39, 0.29) is 35.2 Å². The van der Waals surface area contributed by atoms with E-state index in [1.807, 2.05) is 26.0 Å². The highest BCUT2D eigenvalue weighted by molar-refractivity contribution is 6.30. The lowest BCUT2D eigenvalue weighted by molar-refractivity contribution is -0.137. The average molecular weight is 582 g/mol. The number of halogens is 5. The molecule has 0 saturated carbocycles. The Morgan fingerprint density at radius 3 is 2.33 bits per heavy atom. The van der Waals surface area contributed by atoms with Crippen LogP contribution in [0.15, 0.2) is 75.9 Å². The van der Waals surface area contributed by atoms with Gasteiger partial charge in [0.05, 0.1) is 17.7 Å². The van der Waals surface area contributed by atoms with Crippen LogP contribution in [0.25, 0.3) is 11.5 Å². The van der Waals surface area contributed by atoms with E-state index in [0.29, 0.717) is 10.6 Å². The van der Waals surface area contributed by atoms with Crippen LogP contribution in [0.3, 0.4) is 0 Å². The van der Waals surface area contributed by atoms with Gasteiger partial charge in [-0.3, -0.25) is 0 Å². The van der Waals surface area contributed by atoms with Crippen molar-refractivity contribution >= 4 is 29.2 Å². The van der Waals surface area contributed by atoms with Gasteiger partial charge in [-0.05, 0) is 81.3 Å². The van der Waals surface area contributed by atoms with E-state index in [0.717, 1.165) is 34.5 Å². The largest absolute Gasteiger partial charge is 0.437 e. The maximum absolute atomic E-state index is 12.8. The molecule has 39 heavy (non-hydrogen) atoms. The van der Waals surface area contributed by atoms with Gasteiger partial charge in [0.25, 0.3) is 0 Å². The minimum absolute atomic E-state index is 0.140. The summed E-state index contributed by atoms with van der Waals surface area (Å²) in [6, 6.07) is 15.1. The summed E-state index contributed by atoms with van der Waals surface area (Å²) in [6.45, 7) is -0.173. The first kappa shape index (κ1) is 29.9.